The minimum Gasteiger partial charge on any atom is -0.301 e. The summed E-state index contributed by atoms with van der Waals surface area (Å²) in [7, 11) is 0. The van der Waals surface area contributed by atoms with Crippen LogP contribution in [0.1, 0.15) is 24.8 Å². The molecule has 1 aromatic carbocycles. The molecule has 10 heteroatoms. The quantitative estimate of drug-likeness (QED) is 0.592. The molecule has 0 unspecified atom stereocenters. The molecule has 0 aliphatic carbocycles. The van der Waals surface area contributed by atoms with Gasteiger partial charge in [0.05, 0.1) is 16.6 Å². The highest BCUT2D eigenvalue weighted by Gasteiger charge is 2.40. The van der Waals surface area contributed by atoms with E-state index >= 15 is 0 Å². The van der Waals surface area contributed by atoms with Crippen LogP contribution in [0.5, 0.6) is 0 Å². The van der Waals surface area contributed by atoms with Crippen molar-refractivity contribution in [1.82, 2.24) is 20.5 Å². The van der Waals surface area contributed by atoms with E-state index < -0.39 is 18.0 Å². The van der Waals surface area contributed by atoms with E-state index in [4.69, 9.17) is 23.2 Å². The lowest BCUT2D eigenvalue weighted by Crippen LogP contribution is -2.61. The molecule has 0 spiro atoms. The van der Waals surface area contributed by atoms with Crippen molar-refractivity contribution >= 4 is 53.4 Å². The van der Waals surface area contributed by atoms with Crippen molar-refractivity contribution in [2.75, 3.05) is 13.1 Å². The molecule has 8 nitrogen and oxygen atoms in total. The number of hydrogen-bond donors (Lipinski definition) is 1. The van der Waals surface area contributed by atoms with Crippen LogP contribution < -0.4 is 5.43 Å². The van der Waals surface area contributed by atoms with Crippen LogP contribution in [0.2, 0.25) is 10.0 Å². The summed E-state index contributed by atoms with van der Waals surface area (Å²) in [6.07, 6.45) is 4.56. The third kappa shape index (κ3) is 4.28. The number of amides is 4. The predicted octanol–water partition coefficient (Wildman–Crippen LogP) is 2.27. The first-order valence-electron chi connectivity index (χ1n) is 8.70. The van der Waals surface area contributed by atoms with Gasteiger partial charge >= 0.3 is 6.03 Å². The van der Waals surface area contributed by atoms with Gasteiger partial charge in [0.25, 0.3) is 5.91 Å². The van der Waals surface area contributed by atoms with Crippen LogP contribution in [0.3, 0.4) is 0 Å². The van der Waals surface area contributed by atoms with Crippen LogP contribution in [0.25, 0.3) is 6.08 Å². The first-order chi connectivity index (χ1) is 13.4. The zero-order valence-electron chi connectivity index (χ0n) is 14.8. The number of aldehydes is 1. The molecule has 0 aromatic heterocycles. The standard InChI is InChI=1S/C18H18Cl2N4O4/c19-14-5-3-12(10-15(14)20)4-6-16(26)21-22-9-7-17(27)23-8-1-2-13(11-25)24(23)18(22)28/h3-6,10-11,13H,1-2,7-9H2,(H,21,26)/b6-4+/t13-/m0/s1. The first-order valence-corrected chi connectivity index (χ1v) is 9.46. The van der Waals surface area contributed by atoms with Crippen LogP contribution in [-0.2, 0) is 14.4 Å². The summed E-state index contributed by atoms with van der Waals surface area (Å²) in [6, 6.07) is 3.56. The molecule has 2 aliphatic rings. The zero-order valence-corrected chi connectivity index (χ0v) is 16.3. The minimum atomic E-state index is -0.727. The Bertz CT molecular complexity index is 845. The normalized spacial score (nSPS) is 20.2. The first kappa shape index (κ1) is 20.2. The Morgan fingerprint density at radius 2 is 1.96 bits per heavy atom. The SMILES string of the molecule is O=C[C@@H]1CCCN2C(=O)CCN(NC(=O)/C=C/c3ccc(Cl)c(Cl)c3)C(=O)N12. The molecule has 2 saturated heterocycles. The highest BCUT2D eigenvalue weighted by molar-refractivity contribution is 6.42. The Morgan fingerprint density at radius 3 is 2.68 bits per heavy atom. The molecule has 0 bridgehead atoms. The third-order valence-corrected chi connectivity index (χ3v) is 5.22. The number of carbonyl (C=O) groups is 4. The van der Waals surface area contributed by atoms with Gasteiger partial charge in [0, 0.05) is 19.0 Å². The summed E-state index contributed by atoms with van der Waals surface area (Å²) >= 11 is 11.8. The molecule has 28 heavy (non-hydrogen) atoms. The molecule has 2 fully saturated rings. The monoisotopic (exact) mass is 424 g/mol. The Balaban J connectivity index is 1.71. The molecule has 2 heterocycles. The summed E-state index contributed by atoms with van der Waals surface area (Å²) in [5.41, 5.74) is 3.12. The maximum absolute atomic E-state index is 12.8. The third-order valence-electron chi connectivity index (χ3n) is 4.48. The van der Waals surface area contributed by atoms with Crippen molar-refractivity contribution in [3.8, 4) is 0 Å². The second-order valence-electron chi connectivity index (χ2n) is 6.37. The Morgan fingerprint density at radius 1 is 1.18 bits per heavy atom. The molecular formula is C18H18Cl2N4O4. The molecular weight excluding hydrogens is 407 g/mol. The number of benzene rings is 1. The highest BCUT2D eigenvalue weighted by atomic mass is 35.5. The van der Waals surface area contributed by atoms with Crippen molar-refractivity contribution in [3.05, 3.63) is 39.9 Å². The van der Waals surface area contributed by atoms with Crippen LogP contribution in [0, 0.1) is 0 Å². The molecule has 1 aromatic rings. The molecule has 4 amide bonds. The maximum atomic E-state index is 12.8. The van der Waals surface area contributed by atoms with Crippen LogP contribution in [0.15, 0.2) is 24.3 Å². The predicted molar refractivity (Wildman–Crippen MR) is 103 cm³/mol. The summed E-state index contributed by atoms with van der Waals surface area (Å²) in [5.74, 6) is -0.817. The number of nitrogens with zero attached hydrogens (tertiary/aromatic N) is 3. The summed E-state index contributed by atoms with van der Waals surface area (Å²) < 4.78 is 0. The van der Waals surface area contributed by atoms with Gasteiger partial charge in [0.2, 0.25) is 5.91 Å². The van der Waals surface area contributed by atoms with E-state index in [0.29, 0.717) is 41.3 Å². The van der Waals surface area contributed by atoms with Gasteiger partial charge in [-0.3, -0.25) is 15.0 Å². The smallest absolute Gasteiger partial charge is 0.301 e. The van der Waals surface area contributed by atoms with Crippen molar-refractivity contribution in [3.63, 3.8) is 0 Å². The zero-order chi connectivity index (χ0) is 20.3. The van der Waals surface area contributed by atoms with E-state index in [0.717, 1.165) is 10.0 Å². The van der Waals surface area contributed by atoms with Gasteiger partial charge in [-0.25, -0.2) is 19.8 Å². The lowest BCUT2D eigenvalue weighted by atomic mass is 10.1. The van der Waals surface area contributed by atoms with E-state index in [1.807, 2.05) is 0 Å². The van der Waals surface area contributed by atoms with Crippen molar-refractivity contribution in [2.45, 2.75) is 25.3 Å². The summed E-state index contributed by atoms with van der Waals surface area (Å²) in [6.45, 7) is 0.385. The van der Waals surface area contributed by atoms with Gasteiger partial charge in [-0.2, -0.15) is 0 Å². The highest BCUT2D eigenvalue weighted by Crippen LogP contribution is 2.24. The number of hydrazine groups is 2. The fourth-order valence-corrected chi connectivity index (χ4v) is 3.40. The van der Waals surface area contributed by atoms with Crippen LogP contribution in [0.4, 0.5) is 4.79 Å². The largest absolute Gasteiger partial charge is 0.358 e. The minimum absolute atomic E-state index is 0.0165. The maximum Gasteiger partial charge on any atom is 0.358 e. The fourth-order valence-electron chi connectivity index (χ4n) is 3.09. The molecule has 0 saturated carbocycles. The van der Waals surface area contributed by atoms with Gasteiger partial charge in [-0.1, -0.05) is 29.3 Å². The van der Waals surface area contributed by atoms with Gasteiger partial charge < -0.3 is 4.79 Å². The Kier molecular flexibility index (Phi) is 6.21. The van der Waals surface area contributed by atoms with Gasteiger partial charge in [-0.05, 0) is 36.6 Å². The van der Waals surface area contributed by atoms with Gasteiger partial charge in [-0.15, -0.1) is 0 Å². The number of carbonyl (C=O) groups excluding carboxylic acids is 4. The second kappa shape index (κ2) is 8.62. The summed E-state index contributed by atoms with van der Waals surface area (Å²) in [4.78, 5) is 48.7. The second-order valence-corrected chi connectivity index (χ2v) is 7.19. The van der Waals surface area contributed by atoms with E-state index in [9.17, 15) is 19.2 Å². The Hall–Kier alpha value is -2.58. The molecule has 2 aliphatic heterocycles. The van der Waals surface area contributed by atoms with Gasteiger partial charge in [0.1, 0.15) is 12.3 Å². The topological polar surface area (TPSA) is 90.0 Å². The molecule has 3 rings (SSSR count). The van der Waals surface area contributed by atoms with Crippen molar-refractivity contribution in [1.29, 1.82) is 0 Å². The number of fused-ring (bicyclic) bond motifs is 1. The fraction of sp³-hybridized carbons (Fsp3) is 0.333. The van der Waals surface area contributed by atoms with Crippen LogP contribution in [-0.4, -0.2) is 58.3 Å². The number of urea groups is 1. The van der Waals surface area contributed by atoms with Crippen LogP contribution >= 0.6 is 23.2 Å². The molecule has 148 valence electrons. The average molecular weight is 425 g/mol. The summed E-state index contributed by atoms with van der Waals surface area (Å²) in [5, 5.41) is 4.24. The molecule has 1 N–H and O–H groups in total. The molecule has 1 atom stereocenters. The Labute approximate surface area is 171 Å². The van der Waals surface area contributed by atoms with Crippen molar-refractivity contribution < 1.29 is 19.2 Å². The lowest BCUT2D eigenvalue weighted by Gasteiger charge is -2.41. The van der Waals surface area contributed by atoms with E-state index in [2.05, 4.69) is 5.43 Å². The van der Waals surface area contributed by atoms with E-state index in [1.54, 1.807) is 18.2 Å². The van der Waals surface area contributed by atoms with E-state index in [1.165, 1.54) is 17.2 Å². The number of hydrogen-bond acceptors (Lipinski definition) is 4. The van der Waals surface area contributed by atoms with E-state index in [-0.39, 0.29) is 18.9 Å². The number of halogens is 2. The van der Waals surface area contributed by atoms with Gasteiger partial charge in [0.15, 0.2) is 0 Å². The molecule has 0 radical (unpaired) electrons. The average Bonchev–Trinajstić information content (AvgIpc) is 2.81. The van der Waals surface area contributed by atoms with Crippen molar-refractivity contribution in [2.24, 2.45) is 0 Å². The lowest BCUT2D eigenvalue weighted by molar-refractivity contribution is -0.151. The number of nitrogens with one attached hydrogen (secondary N) is 1. The number of rotatable bonds is 4.